The van der Waals surface area contributed by atoms with Gasteiger partial charge in [0.25, 0.3) is 5.91 Å². The number of halogens is 1. The normalized spacial score (nSPS) is 15.3. The number of aliphatic hydroxyl groups is 1. The Morgan fingerprint density at radius 2 is 1.97 bits per heavy atom. The molecule has 0 aromatic heterocycles. The number of amides is 2. The summed E-state index contributed by atoms with van der Waals surface area (Å²) in [5.74, 6) is -0.110. The molecule has 2 aromatic rings. The zero-order valence-electron chi connectivity index (χ0n) is 17.9. The van der Waals surface area contributed by atoms with Crippen molar-refractivity contribution in [1.29, 1.82) is 0 Å². The van der Waals surface area contributed by atoms with Gasteiger partial charge in [-0.15, -0.1) is 0 Å². The van der Waals surface area contributed by atoms with Crippen LogP contribution in [0.1, 0.15) is 48.4 Å². The highest BCUT2D eigenvalue weighted by atomic mass is 19.1. The molecule has 1 heterocycles. The molecule has 0 spiro atoms. The van der Waals surface area contributed by atoms with Gasteiger partial charge in [-0.05, 0) is 56.5 Å². The second kappa shape index (κ2) is 9.31. The summed E-state index contributed by atoms with van der Waals surface area (Å²) in [5, 5.41) is 13.1. The van der Waals surface area contributed by atoms with Crippen LogP contribution in [0.2, 0.25) is 0 Å². The van der Waals surface area contributed by atoms with E-state index in [4.69, 9.17) is 4.74 Å². The van der Waals surface area contributed by atoms with Gasteiger partial charge < -0.3 is 20.1 Å². The molecule has 0 fully saturated rings. The summed E-state index contributed by atoms with van der Waals surface area (Å²) in [5.41, 5.74) is 1.95. The first-order valence-corrected chi connectivity index (χ1v) is 10.1. The SMILES string of the molecule is CC(C)(C)OC(=O)NC/C(=C\F)C(O)c1ccc2c(c1)CCN(c1ccccc1)C2=O. The van der Waals surface area contributed by atoms with Crippen LogP contribution >= 0.6 is 0 Å². The number of nitrogens with zero attached hydrogens (tertiary/aromatic N) is 1. The molecule has 164 valence electrons. The summed E-state index contributed by atoms with van der Waals surface area (Å²) in [4.78, 5) is 26.4. The summed E-state index contributed by atoms with van der Waals surface area (Å²) in [6.45, 7) is 5.48. The lowest BCUT2D eigenvalue weighted by molar-refractivity contribution is 0.0529. The molecule has 0 saturated carbocycles. The van der Waals surface area contributed by atoms with Crippen LogP contribution in [0.15, 0.2) is 60.4 Å². The van der Waals surface area contributed by atoms with Gasteiger partial charge in [0.1, 0.15) is 11.7 Å². The average Bonchev–Trinajstić information content (AvgIpc) is 2.73. The van der Waals surface area contributed by atoms with Crippen LogP contribution in [0.3, 0.4) is 0 Å². The van der Waals surface area contributed by atoms with E-state index in [-0.39, 0.29) is 24.4 Å². The maximum Gasteiger partial charge on any atom is 0.407 e. The number of para-hydroxylation sites is 1. The lowest BCUT2D eigenvalue weighted by Gasteiger charge is -2.29. The highest BCUT2D eigenvalue weighted by Gasteiger charge is 2.27. The first-order valence-electron chi connectivity index (χ1n) is 10.1. The van der Waals surface area contributed by atoms with Crippen LogP contribution in [0.4, 0.5) is 14.9 Å². The Hall–Kier alpha value is -3.19. The van der Waals surface area contributed by atoms with Gasteiger partial charge in [0, 0.05) is 29.9 Å². The summed E-state index contributed by atoms with van der Waals surface area (Å²) < 4.78 is 18.6. The predicted molar refractivity (Wildman–Crippen MR) is 117 cm³/mol. The second-order valence-corrected chi connectivity index (χ2v) is 8.40. The molecule has 0 aliphatic carbocycles. The minimum atomic E-state index is -1.26. The van der Waals surface area contributed by atoms with E-state index in [2.05, 4.69) is 5.32 Å². The van der Waals surface area contributed by atoms with Crippen molar-refractivity contribution in [1.82, 2.24) is 5.32 Å². The van der Waals surface area contributed by atoms with Crippen LogP contribution in [0.25, 0.3) is 0 Å². The Bertz CT molecular complexity index is 983. The molecular formula is C24H27FN2O4. The average molecular weight is 426 g/mol. The minimum absolute atomic E-state index is 0.0149. The van der Waals surface area contributed by atoms with Crippen molar-refractivity contribution < 1.29 is 23.8 Å². The molecule has 2 aromatic carbocycles. The van der Waals surface area contributed by atoms with Crippen LogP contribution in [0, 0.1) is 0 Å². The maximum absolute atomic E-state index is 13.4. The smallest absolute Gasteiger partial charge is 0.407 e. The van der Waals surface area contributed by atoms with Crippen molar-refractivity contribution in [3.8, 4) is 0 Å². The summed E-state index contributed by atoms with van der Waals surface area (Å²) in [7, 11) is 0. The Labute approximate surface area is 181 Å². The number of carbonyl (C=O) groups excluding carboxylic acids is 2. The Kier molecular flexibility index (Phi) is 6.75. The van der Waals surface area contributed by atoms with Crippen LogP contribution in [-0.4, -0.2) is 35.8 Å². The molecular weight excluding hydrogens is 399 g/mol. The maximum atomic E-state index is 13.4. The summed E-state index contributed by atoms with van der Waals surface area (Å²) in [6, 6.07) is 14.4. The number of benzene rings is 2. The van der Waals surface area contributed by atoms with Gasteiger partial charge in [0.15, 0.2) is 0 Å². The van der Waals surface area contributed by atoms with Crippen molar-refractivity contribution >= 4 is 17.7 Å². The number of hydrogen-bond acceptors (Lipinski definition) is 4. The lowest BCUT2D eigenvalue weighted by Crippen LogP contribution is -2.37. The van der Waals surface area contributed by atoms with Gasteiger partial charge >= 0.3 is 6.09 Å². The fourth-order valence-corrected chi connectivity index (χ4v) is 3.43. The summed E-state index contributed by atoms with van der Waals surface area (Å²) >= 11 is 0. The molecule has 31 heavy (non-hydrogen) atoms. The molecule has 1 aliphatic heterocycles. The molecule has 3 rings (SSSR count). The van der Waals surface area contributed by atoms with Crippen LogP contribution in [-0.2, 0) is 11.2 Å². The molecule has 0 radical (unpaired) electrons. The molecule has 7 heteroatoms. The van der Waals surface area contributed by atoms with E-state index >= 15 is 0 Å². The van der Waals surface area contributed by atoms with E-state index in [1.165, 1.54) is 0 Å². The number of aliphatic hydroxyl groups excluding tert-OH is 1. The van der Waals surface area contributed by atoms with Gasteiger partial charge in [-0.2, -0.15) is 0 Å². The van der Waals surface area contributed by atoms with Gasteiger partial charge in [-0.1, -0.05) is 30.3 Å². The number of rotatable bonds is 5. The highest BCUT2D eigenvalue weighted by molar-refractivity contribution is 6.08. The Morgan fingerprint density at radius 1 is 1.26 bits per heavy atom. The van der Waals surface area contributed by atoms with Crippen molar-refractivity contribution in [3.63, 3.8) is 0 Å². The first-order chi connectivity index (χ1) is 14.7. The van der Waals surface area contributed by atoms with Crippen LogP contribution < -0.4 is 10.2 Å². The third kappa shape index (κ3) is 5.49. The number of alkyl carbamates (subject to hydrolysis) is 1. The number of nitrogens with one attached hydrogen (secondary N) is 1. The molecule has 1 aliphatic rings. The fourth-order valence-electron chi connectivity index (χ4n) is 3.43. The zero-order chi connectivity index (χ0) is 22.6. The van der Waals surface area contributed by atoms with Crippen molar-refractivity contribution in [3.05, 3.63) is 77.1 Å². The van der Waals surface area contributed by atoms with E-state index in [1.807, 2.05) is 30.3 Å². The molecule has 6 nitrogen and oxygen atoms in total. The third-order valence-corrected chi connectivity index (χ3v) is 4.92. The van der Waals surface area contributed by atoms with E-state index in [0.717, 1.165) is 11.3 Å². The largest absolute Gasteiger partial charge is 0.444 e. The van der Waals surface area contributed by atoms with Gasteiger partial charge in [0.05, 0.1) is 6.33 Å². The second-order valence-electron chi connectivity index (χ2n) is 8.40. The van der Waals surface area contributed by atoms with Crippen molar-refractivity contribution in [2.75, 3.05) is 18.0 Å². The third-order valence-electron chi connectivity index (χ3n) is 4.92. The summed E-state index contributed by atoms with van der Waals surface area (Å²) in [6.07, 6.45) is -1.06. The highest BCUT2D eigenvalue weighted by Crippen LogP contribution is 2.29. The number of fused-ring (bicyclic) bond motifs is 1. The van der Waals surface area contributed by atoms with Crippen molar-refractivity contribution in [2.45, 2.75) is 38.9 Å². The van der Waals surface area contributed by atoms with Gasteiger partial charge in [-0.25, -0.2) is 9.18 Å². The van der Waals surface area contributed by atoms with E-state index < -0.39 is 17.8 Å². The Balaban J connectivity index is 1.71. The standard InChI is InChI=1S/C24H27FN2O4/c1-24(2,3)31-23(30)26-15-18(14-25)21(28)17-9-10-20-16(13-17)11-12-27(22(20)29)19-7-5-4-6-8-19/h4-10,13-14,21,28H,11-12,15H2,1-3H3,(H,26,30)/b18-14+. The first kappa shape index (κ1) is 22.5. The van der Waals surface area contributed by atoms with Gasteiger partial charge in [0.2, 0.25) is 0 Å². The van der Waals surface area contributed by atoms with E-state index in [1.54, 1.807) is 43.9 Å². The number of hydrogen-bond donors (Lipinski definition) is 2. The predicted octanol–water partition coefficient (Wildman–Crippen LogP) is 4.30. The van der Waals surface area contributed by atoms with E-state index in [0.29, 0.717) is 24.1 Å². The number of ether oxygens (including phenoxy) is 1. The molecule has 2 amide bonds. The minimum Gasteiger partial charge on any atom is -0.444 e. The topological polar surface area (TPSA) is 78.9 Å². The van der Waals surface area contributed by atoms with E-state index in [9.17, 15) is 19.1 Å². The molecule has 1 atom stereocenters. The molecule has 1 unspecified atom stereocenters. The zero-order valence-corrected chi connectivity index (χ0v) is 17.9. The molecule has 0 bridgehead atoms. The number of anilines is 1. The fraction of sp³-hybridized carbons (Fsp3) is 0.333. The quantitative estimate of drug-likeness (QED) is 0.747. The monoisotopic (exact) mass is 426 g/mol. The number of carbonyl (C=O) groups is 2. The Morgan fingerprint density at radius 3 is 2.61 bits per heavy atom. The van der Waals surface area contributed by atoms with Crippen LogP contribution in [0.5, 0.6) is 0 Å². The lowest BCUT2D eigenvalue weighted by atomic mass is 9.93. The molecule has 2 N–H and O–H groups in total. The van der Waals surface area contributed by atoms with Crippen molar-refractivity contribution in [2.24, 2.45) is 0 Å². The molecule has 0 saturated heterocycles. The van der Waals surface area contributed by atoms with Gasteiger partial charge in [-0.3, -0.25) is 4.79 Å².